The lowest BCUT2D eigenvalue weighted by Crippen LogP contribution is -2.01. The number of nitrogens with two attached hydrogens (primary N) is 1. The van der Waals surface area contributed by atoms with Gasteiger partial charge in [0.2, 0.25) is 0 Å². The zero-order chi connectivity index (χ0) is 16.5. The number of hydrogen-bond acceptors (Lipinski definition) is 2. The van der Waals surface area contributed by atoms with Crippen molar-refractivity contribution < 1.29 is 0 Å². The van der Waals surface area contributed by atoms with E-state index >= 15 is 0 Å². The molecule has 1 fully saturated rings. The predicted molar refractivity (Wildman–Crippen MR) is 101 cm³/mol. The Morgan fingerprint density at radius 2 is 1.86 bits per heavy atom. The molecule has 1 aliphatic rings. The molecule has 1 aromatic rings. The Morgan fingerprint density at radius 3 is 2.27 bits per heavy atom. The van der Waals surface area contributed by atoms with Gasteiger partial charge in [-0.15, -0.1) is 6.58 Å². The number of rotatable bonds is 5. The molecule has 1 aliphatic carbocycles. The van der Waals surface area contributed by atoms with E-state index in [1.54, 1.807) is 0 Å². The van der Waals surface area contributed by atoms with Crippen LogP contribution in [0.2, 0.25) is 0 Å². The van der Waals surface area contributed by atoms with Gasteiger partial charge in [-0.25, -0.2) is 0 Å². The van der Waals surface area contributed by atoms with Gasteiger partial charge in [0.25, 0.3) is 0 Å². The highest BCUT2D eigenvalue weighted by molar-refractivity contribution is 7.97. The lowest BCUT2D eigenvalue weighted by molar-refractivity contribution is 0.465. The number of allylic oxidation sites excluding steroid dienone is 2. The number of hydrogen-bond donors (Lipinski definition) is 1. The van der Waals surface area contributed by atoms with Gasteiger partial charge in [0.05, 0.1) is 0 Å². The summed E-state index contributed by atoms with van der Waals surface area (Å²) in [7, 11) is 0. The molecule has 0 spiro atoms. The largest absolute Gasteiger partial charge is 0.274 e. The molecule has 2 unspecified atom stereocenters. The van der Waals surface area contributed by atoms with Gasteiger partial charge in [-0.3, -0.25) is 5.14 Å². The van der Waals surface area contributed by atoms with Crippen molar-refractivity contribution in [3.05, 3.63) is 54.6 Å². The van der Waals surface area contributed by atoms with Crippen molar-refractivity contribution in [1.82, 2.24) is 0 Å². The molecule has 2 heteroatoms. The quantitative estimate of drug-likeness (QED) is 0.507. The van der Waals surface area contributed by atoms with Crippen LogP contribution in [0.4, 0.5) is 0 Å². The number of benzene rings is 1. The van der Waals surface area contributed by atoms with E-state index < -0.39 is 0 Å². The summed E-state index contributed by atoms with van der Waals surface area (Å²) in [6.07, 6.45) is 7.01. The van der Waals surface area contributed by atoms with Crippen molar-refractivity contribution in [2.45, 2.75) is 57.3 Å². The first-order valence-electron chi connectivity index (χ1n) is 8.22. The zero-order valence-corrected chi connectivity index (χ0v) is 15.2. The van der Waals surface area contributed by atoms with E-state index in [0.29, 0.717) is 11.8 Å². The first kappa shape index (κ1) is 19.1. The summed E-state index contributed by atoms with van der Waals surface area (Å²) in [6.45, 7) is 14.2. The first-order chi connectivity index (χ1) is 10.5. The van der Waals surface area contributed by atoms with Crippen molar-refractivity contribution in [2.75, 3.05) is 0 Å². The van der Waals surface area contributed by atoms with E-state index in [-0.39, 0.29) is 0 Å². The van der Waals surface area contributed by atoms with Crippen LogP contribution in [-0.2, 0) is 0 Å². The molecule has 2 rings (SSSR count). The summed E-state index contributed by atoms with van der Waals surface area (Å²) in [5.74, 6) is 2.14. The summed E-state index contributed by atoms with van der Waals surface area (Å²) < 4.78 is 0. The minimum atomic E-state index is 0.641. The van der Waals surface area contributed by atoms with Crippen LogP contribution in [0.1, 0.15) is 57.9 Å². The predicted octanol–water partition coefficient (Wildman–Crippen LogP) is 6.33. The van der Waals surface area contributed by atoms with Gasteiger partial charge < -0.3 is 0 Å². The van der Waals surface area contributed by atoms with Crippen molar-refractivity contribution in [3.63, 3.8) is 0 Å². The molecule has 2 atom stereocenters. The van der Waals surface area contributed by atoms with Gasteiger partial charge in [-0.05, 0) is 73.1 Å². The average molecular weight is 318 g/mol. The molecule has 122 valence electrons. The van der Waals surface area contributed by atoms with Crippen LogP contribution in [0.3, 0.4) is 0 Å². The van der Waals surface area contributed by atoms with Crippen molar-refractivity contribution in [3.8, 4) is 0 Å². The third-order valence-electron chi connectivity index (χ3n) is 4.23. The molecule has 0 amide bonds. The molecule has 0 bridgehead atoms. The molecule has 0 saturated heterocycles. The van der Waals surface area contributed by atoms with Crippen LogP contribution >= 0.6 is 11.9 Å². The Hall–Kier alpha value is -0.990. The fourth-order valence-corrected chi connectivity index (χ4v) is 3.03. The van der Waals surface area contributed by atoms with E-state index in [9.17, 15) is 0 Å². The Bertz CT molecular complexity index is 461. The summed E-state index contributed by atoms with van der Waals surface area (Å²) in [5.41, 5.74) is 2.87. The lowest BCUT2D eigenvalue weighted by atomic mass is 9.89. The zero-order valence-electron chi connectivity index (χ0n) is 14.3. The maximum Gasteiger partial charge on any atom is 0.0226 e. The second kappa shape index (κ2) is 9.91. The van der Waals surface area contributed by atoms with Crippen LogP contribution in [0.25, 0.3) is 0 Å². The fraction of sp³-hybridized carbons (Fsp3) is 0.500. The second-order valence-corrected chi connectivity index (χ2v) is 7.37. The SMILES string of the molecule is C=C1CCC(CC(C)c2ccc(SN)cc2)C1.C=CC(C)C. The van der Waals surface area contributed by atoms with Gasteiger partial charge in [0.1, 0.15) is 0 Å². The maximum absolute atomic E-state index is 5.53. The first-order valence-corrected chi connectivity index (χ1v) is 9.10. The van der Waals surface area contributed by atoms with Crippen LogP contribution in [0.15, 0.2) is 54.0 Å². The third-order valence-corrected chi connectivity index (χ3v) is 4.77. The molecule has 1 aromatic carbocycles. The van der Waals surface area contributed by atoms with Crippen LogP contribution in [0, 0.1) is 11.8 Å². The molecule has 0 aromatic heterocycles. The van der Waals surface area contributed by atoms with Gasteiger partial charge in [-0.2, -0.15) is 0 Å². The smallest absolute Gasteiger partial charge is 0.0226 e. The summed E-state index contributed by atoms with van der Waals surface area (Å²) in [4.78, 5) is 1.13. The minimum absolute atomic E-state index is 0.641. The maximum atomic E-state index is 5.53. The van der Waals surface area contributed by atoms with Gasteiger partial charge in [-0.1, -0.05) is 51.1 Å². The molecule has 1 nitrogen and oxygen atoms in total. The Morgan fingerprint density at radius 1 is 1.27 bits per heavy atom. The lowest BCUT2D eigenvalue weighted by Gasteiger charge is -2.16. The summed E-state index contributed by atoms with van der Waals surface area (Å²) in [6, 6.07) is 8.65. The minimum Gasteiger partial charge on any atom is -0.274 e. The second-order valence-electron chi connectivity index (χ2n) is 6.66. The molecule has 2 N–H and O–H groups in total. The molecular formula is C20H31NS. The Balaban J connectivity index is 0.000000422. The highest BCUT2D eigenvalue weighted by Gasteiger charge is 2.20. The Kier molecular flexibility index (Phi) is 8.59. The Labute approximate surface area is 141 Å². The summed E-state index contributed by atoms with van der Waals surface area (Å²) >= 11 is 1.31. The van der Waals surface area contributed by atoms with Crippen molar-refractivity contribution in [2.24, 2.45) is 17.0 Å². The molecule has 0 aliphatic heterocycles. The van der Waals surface area contributed by atoms with E-state index in [1.165, 1.54) is 48.8 Å². The van der Waals surface area contributed by atoms with E-state index in [2.05, 4.69) is 58.2 Å². The summed E-state index contributed by atoms with van der Waals surface area (Å²) in [5, 5.41) is 5.53. The van der Waals surface area contributed by atoms with Crippen LogP contribution in [-0.4, -0.2) is 0 Å². The van der Waals surface area contributed by atoms with Crippen molar-refractivity contribution >= 4 is 11.9 Å². The normalized spacial score (nSPS) is 18.8. The van der Waals surface area contributed by atoms with E-state index in [4.69, 9.17) is 5.14 Å². The van der Waals surface area contributed by atoms with Gasteiger partial charge in [0.15, 0.2) is 0 Å². The van der Waals surface area contributed by atoms with E-state index in [0.717, 1.165) is 10.8 Å². The highest BCUT2D eigenvalue weighted by Crippen LogP contribution is 2.36. The molecule has 1 saturated carbocycles. The van der Waals surface area contributed by atoms with Crippen LogP contribution < -0.4 is 5.14 Å². The van der Waals surface area contributed by atoms with Crippen molar-refractivity contribution in [1.29, 1.82) is 0 Å². The van der Waals surface area contributed by atoms with Crippen LogP contribution in [0.5, 0.6) is 0 Å². The molecule has 0 heterocycles. The van der Waals surface area contributed by atoms with Gasteiger partial charge in [0, 0.05) is 4.90 Å². The average Bonchev–Trinajstić information content (AvgIpc) is 2.93. The molecule has 22 heavy (non-hydrogen) atoms. The molecule has 0 radical (unpaired) electrons. The topological polar surface area (TPSA) is 26.0 Å². The van der Waals surface area contributed by atoms with Gasteiger partial charge >= 0.3 is 0 Å². The fourth-order valence-electron chi connectivity index (χ4n) is 2.73. The monoisotopic (exact) mass is 317 g/mol. The third kappa shape index (κ3) is 6.85. The molecular weight excluding hydrogens is 286 g/mol. The highest BCUT2D eigenvalue weighted by atomic mass is 32.2. The van der Waals surface area contributed by atoms with E-state index in [1.807, 2.05) is 6.08 Å². The standard InChI is InChI=1S/C15H21NS.C5H10/c1-11-3-4-13(9-11)10-12(2)14-5-7-15(17-16)8-6-14;1-4-5(2)3/h5-8,12-13H,1,3-4,9-10,16H2,2H3;4-5H,1H2,2-3H3.